The van der Waals surface area contributed by atoms with Crippen LogP contribution in [0.4, 0.5) is 5.69 Å². The van der Waals surface area contributed by atoms with Gasteiger partial charge in [0.05, 0.1) is 23.6 Å². The van der Waals surface area contributed by atoms with Gasteiger partial charge in [0.1, 0.15) is 5.75 Å². The van der Waals surface area contributed by atoms with Crippen LogP contribution in [-0.2, 0) is 14.2 Å². The summed E-state index contributed by atoms with van der Waals surface area (Å²) in [7, 11) is -0.968. The van der Waals surface area contributed by atoms with E-state index in [0.29, 0.717) is 24.8 Å². The Morgan fingerprint density at radius 1 is 1.11 bits per heavy atom. The molecule has 2 fully saturated rings. The van der Waals surface area contributed by atoms with Crippen LogP contribution in [0.3, 0.4) is 0 Å². The van der Waals surface area contributed by atoms with Gasteiger partial charge in [-0.25, -0.2) is 0 Å². The molecule has 2 aromatic carbocycles. The number of amides is 2. The number of para-hydroxylation sites is 1. The van der Waals surface area contributed by atoms with E-state index in [0.717, 1.165) is 36.0 Å². The number of phenolic OH excluding ortho intramolecular Hbond substituents is 1. The lowest BCUT2D eigenvalue weighted by molar-refractivity contribution is -0.122. The number of phenols is 1. The zero-order chi connectivity index (χ0) is 26.1. The summed E-state index contributed by atoms with van der Waals surface area (Å²) in [6.07, 6.45) is 5.89. The third kappa shape index (κ3) is 5.03. The van der Waals surface area contributed by atoms with Crippen molar-refractivity contribution in [3.63, 3.8) is 0 Å². The van der Waals surface area contributed by atoms with E-state index in [1.807, 2.05) is 36.4 Å². The number of hydrogen-bond donors (Lipinski definition) is 2. The van der Waals surface area contributed by atoms with Crippen molar-refractivity contribution < 1.29 is 24.4 Å². The van der Waals surface area contributed by atoms with Gasteiger partial charge in [-0.15, -0.1) is 0 Å². The van der Waals surface area contributed by atoms with Gasteiger partial charge in [-0.3, -0.25) is 14.5 Å². The smallest absolute Gasteiger partial charge is 0.455 e. The number of benzene rings is 2. The highest BCUT2D eigenvalue weighted by Gasteiger charge is 2.57. The number of hydrogen-bond acceptors (Lipinski definition) is 5. The van der Waals surface area contributed by atoms with Gasteiger partial charge in [0.2, 0.25) is 11.8 Å². The molecule has 3 aliphatic rings. The molecule has 0 bridgehead atoms. The zero-order valence-electron chi connectivity index (χ0n) is 21.5. The number of aromatic hydroxyl groups is 1. The maximum atomic E-state index is 13.7. The van der Waals surface area contributed by atoms with E-state index in [4.69, 9.17) is 4.65 Å². The van der Waals surface area contributed by atoms with E-state index in [1.54, 1.807) is 24.3 Å². The third-order valence-corrected chi connectivity index (χ3v) is 7.96. The zero-order valence-corrected chi connectivity index (χ0v) is 21.5. The molecule has 1 aliphatic carbocycles. The molecule has 37 heavy (non-hydrogen) atoms. The first kappa shape index (κ1) is 25.5. The van der Waals surface area contributed by atoms with Crippen LogP contribution in [0.1, 0.15) is 51.5 Å². The molecule has 4 atom stereocenters. The van der Waals surface area contributed by atoms with Gasteiger partial charge in [0, 0.05) is 0 Å². The average Bonchev–Trinajstić information content (AvgIpc) is 3.12. The Labute approximate surface area is 218 Å². The standard InChI is InChI=1S/C30H34BNO5/c1-3-8-21-17-24-28(30(35)32(29(24)34)22-10-5-4-6-11-22)25-18-31(36)37-26(27(21)25)14-13-19(2)15-20-9-7-12-23(33)16-20/h4-7,9-12,15-16,24-26,28,33,36H,3,8,13-14,17-18H2,1-2H3/b19-15+/t24-,25+,26-,28-/m1/s1. The minimum atomic E-state index is -0.968. The Kier molecular flexibility index (Phi) is 7.36. The third-order valence-electron chi connectivity index (χ3n) is 7.96. The van der Waals surface area contributed by atoms with Gasteiger partial charge in [0.25, 0.3) is 0 Å². The van der Waals surface area contributed by atoms with E-state index in [-0.39, 0.29) is 35.5 Å². The molecular weight excluding hydrogens is 465 g/mol. The van der Waals surface area contributed by atoms with Crippen LogP contribution in [0.15, 0.2) is 71.3 Å². The van der Waals surface area contributed by atoms with Crippen molar-refractivity contribution in [3.8, 4) is 5.75 Å². The van der Waals surface area contributed by atoms with Crippen molar-refractivity contribution in [2.45, 2.75) is 58.4 Å². The molecule has 7 heteroatoms. The molecule has 5 rings (SSSR count). The molecule has 2 saturated heterocycles. The van der Waals surface area contributed by atoms with Crippen molar-refractivity contribution in [2.24, 2.45) is 17.8 Å². The van der Waals surface area contributed by atoms with Gasteiger partial charge in [-0.2, -0.15) is 0 Å². The number of imide groups is 1. The average molecular weight is 499 g/mol. The number of allylic oxidation sites excluding steroid dienone is 2. The summed E-state index contributed by atoms with van der Waals surface area (Å²) in [6, 6.07) is 16.3. The van der Waals surface area contributed by atoms with E-state index in [9.17, 15) is 19.7 Å². The molecular formula is C30H34BNO5. The lowest BCUT2D eigenvalue weighted by Gasteiger charge is -2.43. The van der Waals surface area contributed by atoms with E-state index in [1.165, 1.54) is 10.5 Å². The molecule has 2 N–H and O–H groups in total. The lowest BCUT2D eigenvalue weighted by atomic mass is 9.58. The molecule has 2 heterocycles. The van der Waals surface area contributed by atoms with Gasteiger partial charge in [-0.1, -0.05) is 60.9 Å². The van der Waals surface area contributed by atoms with Crippen LogP contribution in [0.2, 0.25) is 6.32 Å². The summed E-state index contributed by atoms with van der Waals surface area (Å²) < 4.78 is 6.09. The largest absolute Gasteiger partial charge is 0.508 e. The highest BCUT2D eigenvalue weighted by molar-refractivity contribution is 6.43. The fourth-order valence-electron chi connectivity index (χ4n) is 6.46. The first-order valence-electron chi connectivity index (χ1n) is 13.3. The van der Waals surface area contributed by atoms with Gasteiger partial charge >= 0.3 is 7.12 Å². The van der Waals surface area contributed by atoms with Crippen LogP contribution in [0.25, 0.3) is 6.08 Å². The number of carbonyl (C=O) groups is 2. The van der Waals surface area contributed by atoms with Crippen molar-refractivity contribution in [1.29, 1.82) is 0 Å². The summed E-state index contributed by atoms with van der Waals surface area (Å²) in [4.78, 5) is 28.6. The molecule has 2 aromatic rings. The molecule has 192 valence electrons. The van der Waals surface area contributed by atoms with Crippen molar-refractivity contribution in [1.82, 2.24) is 0 Å². The van der Waals surface area contributed by atoms with Crippen LogP contribution in [0, 0.1) is 17.8 Å². The Hall–Kier alpha value is -3.16. The Morgan fingerprint density at radius 2 is 1.89 bits per heavy atom. The van der Waals surface area contributed by atoms with E-state index in [2.05, 4.69) is 13.8 Å². The number of fused-ring (bicyclic) bond motifs is 3. The number of carbonyl (C=O) groups excluding carboxylic acids is 2. The summed E-state index contributed by atoms with van der Waals surface area (Å²) in [6.45, 7) is 4.18. The minimum Gasteiger partial charge on any atom is -0.508 e. The summed E-state index contributed by atoms with van der Waals surface area (Å²) in [5.74, 6) is -1.11. The van der Waals surface area contributed by atoms with Crippen LogP contribution < -0.4 is 4.90 Å². The van der Waals surface area contributed by atoms with Crippen LogP contribution >= 0.6 is 0 Å². The highest BCUT2D eigenvalue weighted by atomic mass is 16.5. The van der Waals surface area contributed by atoms with Gasteiger partial charge in [-0.05, 0) is 80.2 Å². The Morgan fingerprint density at radius 3 is 2.62 bits per heavy atom. The molecule has 0 aromatic heterocycles. The second-order valence-corrected chi connectivity index (χ2v) is 10.5. The van der Waals surface area contributed by atoms with Crippen LogP contribution in [-0.4, -0.2) is 35.2 Å². The molecule has 2 aliphatic heterocycles. The molecule has 0 spiro atoms. The summed E-state index contributed by atoms with van der Waals surface area (Å²) >= 11 is 0. The normalized spacial score (nSPS) is 26.0. The molecule has 0 saturated carbocycles. The fraction of sp³-hybridized carbons (Fsp3) is 0.400. The Bertz CT molecular complexity index is 1240. The maximum absolute atomic E-state index is 13.7. The number of anilines is 1. The van der Waals surface area contributed by atoms with Crippen molar-refractivity contribution in [3.05, 3.63) is 76.9 Å². The molecule has 2 amide bonds. The monoisotopic (exact) mass is 499 g/mol. The quantitative estimate of drug-likeness (QED) is 0.304. The number of rotatable bonds is 7. The van der Waals surface area contributed by atoms with Crippen LogP contribution in [0.5, 0.6) is 5.75 Å². The molecule has 0 unspecified atom stereocenters. The first-order chi connectivity index (χ1) is 17.9. The Balaban J connectivity index is 1.43. The topological polar surface area (TPSA) is 87.1 Å². The first-order valence-corrected chi connectivity index (χ1v) is 13.3. The van der Waals surface area contributed by atoms with Crippen molar-refractivity contribution >= 4 is 30.7 Å². The second kappa shape index (κ2) is 10.7. The van der Waals surface area contributed by atoms with Crippen molar-refractivity contribution in [2.75, 3.05) is 4.90 Å². The molecule has 6 nitrogen and oxygen atoms in total. The lowest BCUT2D eigenvalue weighted by Crippen LogP contribution is -2.46. The summed E-state index contributed by atoms with van der Waals surface area (Å²) in [5.41, 5.74) is 5.04. The second-order valence-electron chi connectivity index (χ2n) is 10.5. The van der Waals surface area contributed by atoms with Gasteiger partial charge in [0.15, 0.2) is 0 Å². The number of nitrogens with zero attached hydrogens (tertiary/aromatic N) is 1. The van der Waals surface area contributed by atoms with Gasteiger partial charge < -0.3 is 14.8 Å². The maximum Gasteiger partial charge on any atom is 0.455 e. The SMILES string of the molecule is CCCC1=C2[C@@H](CC/C(C)=C/c3cccc(O)c3)OB(O)C[C@@H]2[C@@H]2C(=O)N(c3ccccc3)C(=O)[C@@H]2C1. The fourth-order valence-corrected chi connectivity index (χ4v) is 6.46. The predicted molar refractivity (Wildman–Crippen MR) is 145 cm³/mol. The van der Waals surface area contributed by atoms with E-state index >= 15 is 0 Å². The van der Waals surface area contributed by atoms with E-state index < -0.39 is 13.0 Å². The highest BCUT2D eigenvalue weighted by Crippen LogP contribution is 2.52. The predicted octanol–water partition coefficient (Wildman–Crippen LogP) is 5.38. The molecule has 0 radical (unpaired) electrons. The summed E-state index contributed by atoms with van der Waals surface area (Å²) in [5, 5.41) is 20.5. The minimum absolute atomic E-state index is 0.128.